The summed E-state index contributed by atoms with van der Waals surface area (Å²) in [6.45, 7) is 6.87. The highest BCUT2D eigenvalue weighted by molar-refractivity contribution is 5.79. The third-order valence-electron chi connectivity index (χ3n) is 2.34. The molecule has 1 unspecified atom stereocenters. The van der Waals surface area contributed by atoms with Crippen LogP contribution in [0.4, 0.5) is 0 Å². The third-order valence-corrected chi connectivity index (χ3v) is 2.34. The molecule has 3 N–H and O–H groups in total. The van der Waals surface area contributed by atoms with E-state index in [1.165, 1.54) is 0 Å². The molecule has 17 heavy (non-hydrogen) atoms. The van der Waals surface area contributed by atoms with Gasteiger partial charge in [-0.1, -0.05) is 13.8 Å². The predicted molar refractivity (Wildman–Crippen MR) is 66.3 cm³/mol. The van der Waals surface area contributed by atoms with Crippen molar-refractivity contribution in [3.63, 3.8) is 0 Å². The van der Waals surface area contributed by atoms with Crippen molar-refractivity contribution in [1.82, 2.24) is 5.32 Å². The van der Waals surface area contributed by atoms with Crippen molar-refractivity contribution in [2.45, 2.75) is 33.6 Å². The maximum Gasteiger partial charge on any atom is 0.307 e. The Balaban J connectivity index is 3.86. The molecule has 0 aromatic heterocycles. The van der Waals surface area contributed by atoms with Gasteiger partial charge in [-0.2, -0.15) is 0 Å². The minimum Gasteiger partial charge on any atom is -0.466 e. The topological polar surface area (TPSA) is 81.4 Å². The molecule has 0 fully saturated rings. The SMILES string of the molecule is CCOC(=O)CCNC(=O)C(CN)CC(C)C. The summed E-state index contributed by atoms with van der Waals surface area (Å²) >= 11 is 0. The number of esters is 1. The lowest BCUT2D eigenvalue weighted by Crippen LogP contribution is -2.36. The molecule has 0 radical (unpaired) electrons. The van der Waals surface area contributed by atoms with Crippen molar-refractivity contribution < 1.29 is 14.3 Å². The summed E-state index contributed by atoms with van der Waals surface area (Å²) < 4.78 is 4.76. The van der Waals surface area contributed by atoms with Crippen molar-refractivity contribution in [2.24, 2.45) is 17.6 Å². The first-order chi connectivity index (χ1) is 8.01. The van der Waals surface area contributed by atoms with Crippen LogP contribution in [-0.4, -0.2) is 31.6 Å². The molecule has 0 aliphatic rings. The van der Waals surface area contributed by atoms with Crippen LogP contribution in [-0.2, 0) is 14.3 Å². The average Bonchev–Trinajstić information content (AvgIpc) is 2.25. The van der Waals surface area contributed by atoms with E-state index < -0.39 is 0 Å². The van der Waals surface area contributed by atoms with Crippen LogP contribution in [0.1, 0.15) is 33.6 Å². The third kappa shape index (κ3) is 7.74. The van der Waals surface area contributed by atoms with E-state index in [0.717, 1.165) is 6.42 Å². The average molecular weight is 244 g/mol. The Labute approximate surface area is 103 Å². The molecule has 0 rings (SSSR count). The van der Waals surface area contributed by atoms with Crippen molar-refractivity contribution >= 4 is 11.9 Å². The number of nitrogens with two attached hydrogens (primary N) is 1. The standard InChI is InChI=1S/C12H24N2O3/c1-4-17-11(15)5-6-14-12(16)10(8-13)7-9(2)3/h9-10H,4-8,13H2,1-3H3,(H,14,16). The maximum atomic E-state index is 11.7. The Kier molecular flexibility index (Phi) is 8.40. The minimum atomic E-state index is -0.291. The summed E-state index contributed by atoms with van der Waals surface area (Å²) in [6.07, 6.45) is 0.973. The number of carbonyl (C=O) groups excluding carboxylic acids is 2. The Morgan fingerprint density at radius 3 is 2.47 bits per heavy atom. The number of carbonyl (C=O) groups is 2. The van der Waals surface area contributed by atoms with E-state index >= 15 is 0 Å². The van der Waals surface area contributed by atoms with Crippen LogP contribution in [0, 0.1) is 11.8 Å². The fourth-order valence-corrected chi connectivity index (χ4v) is 1.54. The molecule has 0 aromatic rings. The molecule has 0 heterocycles. The second kappa shape index (κ2) is 8.98. The van der Waals surface area contributed by atoms with Gasteiger partial charge in [-0.25, -0.2) is 0 Å². The smallest absolute Gasteiger partial charge is 0.307 e. The van der Waals surface area contributed by atoms with Crippen molar-refractivity contribution in [2.75, 3.05) is 19.7 Å². The summed E-state index contributed by atoms with van der Waals surface area (Å²) in [4.78, 5) is 22.7. The van der Waals surface area contributed by atoms with Gasteiger partial charge in [0, 0.05) is 13.1 Å². The summed E-state index contributed by atoms with van der Waals surface area (Å²) in [5.74, 6) is -0.108. The first kappa shape index (κ1) is 15.9. The summed E-state index contributed by atoms with van der Waals surface area (Å²) in [7, 11) is 0. The molecular weight excluding hydrogens is 220 g/mol. The van der Waals surface area contributed by atoms with E-state index in [2.05, 4.69) is 19.2 Å². The van der Waals surface area contributed by atoms with Gasteiger partial charge >= 0.3 is 5.97 Å². The highest BCUT2D eigenvalue weighted by Gasteiger charge is 2.17. The lowest BCUT2D eigenvalue weighted by molar-refractivity contribution is -0.143. The van der Waals surface area contributed by atoms with Gasteiger partial charge in [-0.3, -0.25) is 9.59 Å². The van der Waals surface area contributed by atoms with E-state index in [1.54, 1.807) is 6.92 Å². The molecule has 5 nitrogen and oxygen atoms in total. The lowest BCUT2D eigenvalue weighted by atomic mass is 9.96. The predicted octanol–water partition coefficient (Wildman–Crippen LogP) is 0.677. The largest absolute Gasteiger partial charge is 0.466 e. The molecule has 0 saturated heterocycles. The van der Waals surface area contributed by atoms with Gasteiger partial charge in [0.2, 0.25) is 5.91 Å². The number of hydrogen-bond donors (Lipinski definition) is 2. The molecule has 0 aromatic carbocycles. The molecule has 0 saturated carbocycles. The quantitative estimate of drug-likeness (QED) is 0.615. The monoisotopic (exact) mass is 244 g/mol. The zero-order valence-electron chi connectivity index (χ0n) is 11.0. The Bertz CT molecular complexity index is 242. The van der Waals surface area contributed by atoms with Crippen LogP contribution in [0.3, 0.4) is 0 Å². The van der Waals surface area contributed by atoms with Crippen LogP contribution in [0.5, 0.6) is 0 Å². The minimum absolute atomic E-state index is 0.0782. The first-order valence-electron chi connectivity index (χ1n) is 6.14. The molecule has 0 aliphatic carbocycles. The summed E-state index contributed by atoms with van der Waals surface area (Å²) in [6, 6.07) is 0. The van der Waals surface area contributed by atoms with Crippen LogP contribution < -0.4 is 11.1 Å². The van der Waals surface area contributed by atoms with Crippen molar-refractivity contribution in [1.29, 1.82) is 0 Å². The van der Waals surface area contributed by atoms with Crippen LogP contribution in [0.25, 0.3) is 0 Å². The van der Waals surface area contributed by atoms with E-state index in [4.69, 9.17) is 10.5 Å². The lowest BCUT2D eigenvalue weighted by Gasteiger charge is -2.16. The van der Waals surface area contributed by atoms with Gasteiger partial charge in [0.15, 0.2) is 0 Å². The molecule has 100 valence electrons. The van der Waals surface area contributed by atoms with Gasteiger partial charge in [0.25, 0.3) is 0 Å². The molecule has 0 spiro atoms. The first-order valence-corrected chi connectivity index (χ1v) is 6.14. The summed E-state index contributed by atoms with van der Waals surface area (Å²) in [5.41, 5.74) is 5.55. The number of amides is 1. The molecule has 1 amide bonds. The van der Waals surface area contributed by atoms with Gasteiger partial charge < -0.3 is 15.8 Å². The van der Waals surface area contributed by atoms with Gasteiger partial charge in [0.1, 0.15) is 0 Å². The number of hydrogen-bond acceptors (Lipinski definition) is 4. The van der Waals surface area contributed by atoms with E-state index in [1.807, 2.05) is 0 Å². The Morgan fingerprint density at radius 2 is 2.00 bits per heavy atom. The summed E-state index contributed by atoms with van der Waals surface area (Å²) in [5, 5.41) is 2.71. The van der Waals surface area contributed by atoms with Gasteiger partial charge in [-0.05, 0) is 19.3 Å². The fraction of sp³-hybridized carbons (Fsp3) is 0.833. The van der Waals surface area contributed by atoms with Gasteiger partial charge in [-0.15, -0.1) is 0 Å². The fourth-order valence-electron chi connectivity index (χ4n) is 1.54. The van der Waals surface area contributed by atoms with E-state index in [9.17, 15) is 9.59 Å². The number of nitrogens with one attached hydrogen (secondary N) is 1. The highest BCUT2D eigenvalue weighted by atomic mass is 16.5. The highest BCUT2D eigenvalue weighted by Crippen LogP contribution is 2.10. The number of ether oxygens (including phenoxy) is 1. The normalized spacial score (nSPS) is 12.3. The molecule has 1 atom stereocenters. The van der Waals surface area contributed by atoms with Gasteiger partial charge in [0.05, 0.1) is 18.9 Å². The van der Waals surface area contributed by atoms with E-state index in [0.29, 0.717) is 25.6 Å². The van der Waals surface area contributed by atoms with E-state index in [-0.39, 0.29) is 24.2 Å². The zero-order valence-corrected chi connectivity index (χ0v) is 11.0. The van der Waals surface area contributed by atoms with Crippen molar-refractivity contribution in [3.8, 4) is 0 Å². The molecule has 5 heteroatoms. The van der Waals surface area contributed by atoms with Crippen molar-refractivity contribution in [3.05, 3.63) is 0 Å². The molecule has 0 bridgehead atoms. The maximum absolute atomic E-state index is 11.7. The van der Waals surface area contributed by atoms with Crippen LogP contribution in [0.2, 0.25) is 0 Å². The molecule has 0 aliphatic heterocycles. The van der Waals surface area contributed by atoms with Crippen LogP contribution >= 0.6 is 0 Å². The Morgan fingerprint density at radius 1 is 1.35 bits per heavy atom. The Hall–Kier alpha value is -1.10. The second-order valence-electron chi connectivity index (χ2n) is 4.41. The van der Waals surface area contributed by atoms with Crippen LogP contribution in [0.15, 0.2) is 0 Å². The molecular formula is C12H24N2O3. The number of rotatable bonds is 8. The zero-order chi connectivity index (χ0) is 13.3. The second-order valence-corrected chi connectivity index (χ2v) is 4.41.